The van der Waals surface area contributed by atoms with Gasteiger partial charge in [0.2, 0.25) is 0 Å². The van der Waals surface area contributed by atoms with E-state index < -0.39 is 0 Å². The van der Waals surface area contributed by atoms with Gasteiger partial charge in [0.1, 0.15) is 11.9 Å². The molecule has 4 heterocycles. The summed E-state index contributed by atoms with van der Waals surface area (Å²) in [6, 6.07) is 9.33. The maximum absolute atomic E-state index is 12.5. The van der Waals surface area contributed by atoms with Crippen LogP contribution in [0.3, 0.4) is 0 Å². The van der Waals surface area contributed by atoms with E-state index in [2.05, 4.69) is 20.2 Å². The number of carbonyl (C=O) groups is 1. The number of aromatic nitrogens is 2. The van der Waals surface area contributed by atoms with E-state index in [4.69, 9.17) is 4.74 Å². The van der Waals surface area contributed by atoms with Crippen molar-refractivity contribution in [2.75, 3.05) is 36.4 Å². The molecule has 2 amide bonds. The fraction of sp³-hybridized carbons (Fsp3) is 0.450. The van der Waals surface area contributed by atoms with Crippen LogP contribution in [0.1, 0.15) is 25.0 Å². The Labute approximate surface area is 159 Å². The van der Waals surface area contributed by atoms with Crippen LogP contribution in [0, 0.1) is 6.92 Å². The summed E-state index contributed by atoms with van der Waals surface area (Å²) in [5, 5.41) is 2.86. The molecule has 2 fully saturated rings. The number of amides is 2. The van der Waals surface area contributed by atoms with Crippen LogP contribution in [0.2, 0.25) is 0 Å². The Morgan fingerprint density at radius 2 is 2.04 bits per heavy atom. The lowest BCUT2D eigenvalue weighted by molar-refractivity contribution is 0.194. The number of rotatable bonds is 4. The number of anilines is 2. The Balaban J connectivity index is 1.37. The van der Waals surface area contributed by atoms with Gasteiger partial charge in [-0.15, -0.1) is 0 Å². The number of nitrogens with zero attached hydrogens (tertiary/aromatic N) is 4. The summed E-state index contributed by atoms with van der Waals surface area (Å²) in [5.74, 6) is 2.31. The SMILES string of the molecule is Cc1cccc(NC(=O)N2CC[C@H](Oc3cccnc3N3CCCC3)C2)n1. The normalized spacial score (nSPS) is 19.4. The van der Waals surface area contributed by atoms with Gasteiger partial charge in [-0.05, 0) is 44.0 Å². The molecule has 0 radical (unpaired) electrons. The lowest BCUT2D eigenvalue weighted by Gasteiger charge is -2.22. The van der Waals surface area contributed by atoms with Crippen LogP contribution in [-0.2, 0) is 0 Å². The number of urea groups is 1. The second-order valence-electron chi connectivity index (χ2n) is 7.09. The highest BCUT2D eigenvalue weighted by Gasteiger charge is 2.29. The molecular weight excluding hydrogens is 342 g/mol. The largest absolute Gasteiger partial charge is 0.485 e. The van der Waals surface area contributed by atoms with Crippen molar-refractivity contribution in [3.8, 4) is 5.75 Å². The van der Waals surface area contributed by atoms with E-state index in [-0.39, 0.29) is 12.1 Å². The second kappa shape index (κ2) is 7.82. The molecule has 0 bridgehead atoms. The lowest BCUT2D eigenvalue weighted by Crippen LogP contribution is -2.35. The Kier molecular flexibility index (Phi) is 5.09. The van der Waals surface area contributed by atoms with E-state index in [1.807, 2.05) is 37.4 Å². The maximum Gasteiger partial charge on any atom is 0.323 e. The minimum atomic E-state index is -0.134. The first-order valence-corrected chi connectivity index (χ1v) is 9.55. The van der Waals surface area contributed by atoms with Gasteiger partial charge in [0.25, 0.3) is 0 Å². The molecule has 2 aromatic heterocycles. The van der Waals surface area contributed by atoms with Crippen LogP contribution in [0.5, 0.6) is 5.75 Å². The molecule has 0 aromatic carbocycles. The van der Waals surface area contributed by atoms with Crippen LogP contribution >= 0.6 is 0 Å². The molecular formula is C20H25N5O2. The summed E-state index contributed by atoms with van der Waals surface area (Å²) in [6.45, 7) is 5.18. The number of aryl methyl sites for hydroxylation is 1. The number of pyridine rings is 2. The van der Waals surface area contributed by atoms with E-state index in [0.717, 1.165) is 36.8 Å². The molecule has 2 aliphatic heterocycles. The van der Waals surface area contributed by atoms with E-state index in [9.17, 15) is 4.79 Å². The lowest BCUT2D eigenvalue weighted by atomic mass is 10.3. The molecule has 2 saturated heterocycles. The second-order valence-corrected chi connectivity index (χ2v) is 7.09. The quantitative estimate of drug-likeness (QED) is 0.899. The van der Waals surface area contributed by atoms with Gasteiger partial charge in [0.15, 0.2) is 11.6 Å². The van der Waals surface area contributed by atoms with Crippen molar-refractivity contribution in [1.82, 2.24) is 14.9 Å². The third kappa shape index (κ3) is 4.13. The van der Waals surface area contributed by atoms with E-state index in [1.54, 1.807) is 11.0 Å². The van der Waals surface area contributed by atoms with E-state index in [0.29, 0.717) is 18.9 Å². The molecule has 1 atom stereocenters. The Morgan fingerprint density at radius 3 is 2.85 bits per heavy atom. The number of hydrogen-bond donors (Lipinski definition) is 1. The fourth-order valence-corrected chi connectivity index (χ4v) is 3.63. The van der Waals surface area contributed by atoms with Crippen LogP contribution in [0.4, 0.5) is 16.4 Å². The van der Waals surface area contributed by atoms with Gasteiger partial charge in [0, 0.05) is 37.9 Å². The van der Waals surface area contributed by atoms with Gasteiger partial charge in [0.05, 0.1) is 6.54 Å². The maximum atomic E-state index is 12.5. The Bertz CT molecular complexity index is 806. The van der Waals surface area contributed by atoms with Gasteiger partial charge in [-0.2, -0.15) is 0 Å². The first-order valence-electron chi connectivity index (χ1n) is 9.55. The van der Waals surface area contributed by atoms with Gasteiger partial charge in [-0.25, -0.2) is 14.8 Å². The topological polar surface area (TPSA) is 70.6 Å². The molecule has 2 aliphatic rings. The van der Waals surface area contributed by atoms with Crippen molar-refractivity contribution < 1.29 is 9.53 Å². The Hall–Kier alpha value is -2.83. The van der Waals surface area contributed by atoms with Crippen LogP contribution in [0.25, 0.3) is 0 Å². The van der Waals surface area contributed by atoms with Gasteiger partial charge in [-0.1, -0.05) is 6.07 Å². The molecule has 2 aromatic rings. The van der Waals surface area contributed by atoms with Crippen molar-refractivity contribution in [1.29, 1.82) is 0 Å². The van der Waals surface area contributed by atoms with Crippen molar-refractivity contribution in [3.05, 3.63) is 42.2 Å². The standard InChI is InChI=1S/C20H25N5O2/c1-15-6-4-8-18(22-15)23-20(26)25-13-9-16(14-25)27-17-7-5-10-21-19(17)24-11-2-3-12-24/h4-8,10,16H,2-3,9,11-14H2,1H3,(H,22,23,26)/t16-/m0/s1. The molecule has 7 heteroatoms. The number of nitrogens with one attached hydrogen (secondary N) is 1. The van der Waals surface area contributed by atoms with Crippen molar-refractivity contribution in [3.63, 3.8) is 0 Å². The molecule has 27 heavy (non-hydrogen) atoms. The average Bonchev–Trinajstić information content (AvgIpc) is 3.34. The first-order chi connectivity index (χ1) is 13.2. The van der Waals surface area contributed by atoms with Crippen molar-refractivity contribution in [2.45, 2.75) is 32.3 Å². The van der Waals surface area contributed by atoms with Crippen LogP contribution in [-0.4, -0.2) is 53.2 Å². The number of likely N-dealkylation sites (tertiary alicyclic amines) is 1. The summed E-state index contributed by atoms with van der Waals surface area (Å²) in [7, 11) is 0. The highest BCUT2D eigenvalue weighted by molar-refractivity contribution is 5.88. The van der Waals surface area contributed by atoms with Crippen molar-refractivity contribution in [2.24, 2.45) is 0 Å². The summed E-state index contributed by atoms with van der Waals surface area (Å²) in [4.78, 5) is 25.4. The average molecular weight is 367 g/mol. The highest BCUT2D eigenvalue weighted by atomic mass is 16.5. The molecule has 0 spiro atoms. The monoisotopic (exact) mass is 367 g/mol. The zero-order chi connectivity index (χ0) is 18.6. The molecule has 7 nitrogen and oxygen atoms in total. The fourth-order valence-electron chi connectivity index (χ4n) is 3.63. The smallest absolute Gasteiger partial charge is 0.323 e. The third-order valence-electron chi connectivity index (χ3n) is 5.01. The molecule has 142 valence electrons. The van der Waals surface area contributed by atoms with Crippen LogP contribution in [0.15, 0.2) is 36.5 Å². The third-order valence-corrected chi connectivity index (χ3v) is 5.01. The first kappa shape index (κ1) is 17.6. The minimum Gasteiger partial charge on any atom is -0.485 e. The predicted octanol–water partition coefficient (Wildman–Crippen LogP) is 3.07. The highest BCUT2D eigenvalue weighted by Crippen LogP contribution is 2.30. The molecule has 0 aliphatic carbocycles. The van der Waals surface area contributed by atoms with Crippen LogP contribution < -0.4 is 15.0 Å². The zero-order valence-corrected chi connectivity index (χ0v) is 15.6. The number of carbonyl (C=O) groups excluding carboxylic acids is 1. The van der Waals surface area contributed by atoms with Gasteiger partial charge in [-0.3, -0.25) is 5.32 Å². The molecule has 4 rings (SSSR count). The van der Waals surface area contributed by atoms with Gasteiger partial charge < -0.3 is 14.5 Å². The summed E-state index contributed by atoms with van der Waals surface area (Å²) >= 11 is 0. The number of hydrogen-bond acceptors (Lipinski definition) is 5. The van der Waals surface area contributed by atoms with E-state index >= 15 is 0 Å². The van der Waals surface area contributed by atoms with Crippen molar-refractivity contribution >= 4 is 17.7 Å². The molecule has 0 saturated carbocycles. The zero-order valence-electron chi connectivity index (χ0n) is 15.6. The minimum absolute atomic E-state index is 0.0215. The number of ether oxygens (including phenoxy) is 1. The van der Waals surface area contributed by atoms with Gasteiger partial charge >= 0.3 is 6.03 Å². The predicted molar refractivity (Wildman–Crippen MR) is 104 cm³/mol. The molecule has 1 N–H and O–H groups in total. The summed E-state index contributed by atoms with van der Waals surface area (Å²) in [5.41, 5.74) is 0.876. The summed E-state index contributed by atoms with van der Waals surface area (Å²) in [6.07, 6.45) is 4.99. The molecule has 0 unspecified atom stereocenters. The van der Waals surface area contributed by atoms with E-state index in [1.165, 1.54) is 12.8 Å². The Morgan fingerprint density at radius 1 is 1.19 bits per heavy atom. The summed E-state index contributed by atoms with van der Waals surface area (Å²) < 4.78 is 6.23.